The van der Waals surface area contributed by atoms with Crippen LogP contribution in [0, 0.1) is 5.92 Å². The zero-order valence-electron chi connectivity index (χ0n) is 16.1. The summed E-state index contributed by atoms with van der Waals surface area (Å²) in [6.07, 6.45) is 6.20. The first-order valence-electron chi connectivity index (χ1n) is 9.26. The third kappa shape index (κ3) is 5.24. The Hall–Kier alpha value is -1.05. The number of likely N-dealkylation sites (tertiary alicyclic amines) is 1. The molecule has 0 aromatic heterocycles. The third-order valence-electron chi connectivity index (χ3n) is 4.95. The van der Waals surface area contributed by atoms with Crippen LogP contribution in [0.4, 0.5) is 0 Å². The van der Waals surface area contributed by atoms with Crippen LogP contribution in [0.1, 0.15) is 56.8 Å². The van der Waals surface area contributed by atoms with Crippen LogP contribution in [0.5, 0.6) is 0 Å². The third-order valence-corrected chi connectivity index (χ3v) is 7.30. The topological polar surface area (TPSA) is 66.5 Å². The number of carbonyl (C=O) groups excluding carboxylic acids is 1. The quantitative estimate of drug-likeness (QED) is 0.741. The number of carbonyl (C=O) groups is 1. The molecular weight excluding hydrogens is 368 g/mol. The van der Waals surface area contributed by atoms with Gasteiger partial charge in [-0.2, -0.15) is 0 Å². The summed E-state index contributed by atoms with van der Waals surface area (Å²) in [5, 5.41) is 0. The van der Waals surface area contributed by atoms with Gasteiger partial charge in [0.1, 0.15) is 0 Å². The van der Waals surface area contributed by atoms with Gasteiger partial charge in [-0.25, -0.2) is 13.1 Å². The molecule has 1 aromatic rings. The van der Waals surface area contributed by atoms with Gasteiger partial charge in [-0.1, -0.05) is 26.7 Å². The molecule has 0 unspecified atom stereocenters. The highest BCUT2D eigenvalue weighted by Gasteiger charge is 2.24. The molecule has 146 valence electrons. The highest BCUT2D eigenvalue weighted by Crippen LogP contribution is 2.26. The summed E-state index contributed by atoms with van der Waals surface area (Å²) in [4.78, 5) is 15.9. The number of rotatable bonds is 6. The van der Waals surface area contributed by atoms with Crippen molar-refractivity contribution >= 4 is 27.7 Å². The highest BCUT2D eigenvalue weighted by atomic mass is 32.2. The number of hydrogen-bond acceptors (Lipinski definition) is 4. The van der Waals surface area contributed by atoms with Gasteiger partial charge in [0, 0.05) is 24.0 Å². The van der Waals surface area contributed by atoms with Crippen molar-refractivity contribution in [3.8, 4) is 0 Å². The minimum atomic E-state index is -3.65. The van der Waals surface area contributed by atoms with Gasteiger partial charge in [0.15, 0.2) is 0 Å². The van der Waals surface area contributed by atoms with E-state index in [9.17, 15) is 13.2 Å². The number of amides is 1. The molecular formula is C19H30N2O3S2. The monoisotopic (exact) mass is 398 g/mol. The Labute approximate surface area is 162 Å². The maximum absolute atomic E-state index is 13.0. The summed E-state index contributed by atoms with van der Waals surface area (Å²) < 4.78 is 28.1. The first kappa shape index (κ1) is 21.3. The normalized spacial score (nSPS) is 17.2. The van der Waals surface area contributed by atoms with E-state index in [-0.39, 0.29) is 22.8 Å². The molecule has 0 aliphatic carbocycles. The van der Waals surface area contributed by atoms with E-state index in [1.807, 2.05) is 31.9 Å². The Kier molecular flexibility index (Phi) is 7.55. The van der Waals surface area contributed by atoms with E-state index in [0.29, 0.717) is 5.56 Å². The number of hydrogen-bond donors (Lipinski definition) is 1. The van der Waals surface area contributed by atoms with Crippen molar-refractivity contribution in [2.45, 2.75) is 62.3 Å². The van der Waals surface area contributed by atoms with Crippen molar-refractivity contribution in [2.24, 2.45) is 5.92 Å². The molecule has 0 saturated carbocycles. The van der Waals surface area contributed by atoms with E-state index in [0.717, 1.165) is 43.7 Å². The molecule has 7 heteroatoms. The first-order valence-corrected chi connectivity index (χ1v) is 12.0. The van der Waals surface area contributed by atoms with Crippen LogP contribution < -0.4 is 4.72 Å². The van der Waals surface area contributed by atoms with Crippen LogP contribution in [0.25, 0.3) is 0 Å². The van der Waals surface area contributed by atoms with Gasteiger partial charge < -0.3 is 4.90 Å². The standard InChI is InChI=1S/C19H30N2O3S2/c1-14(2)15(3)20-26(23,24)16-9-10-18(25-4)17(13-16)19(22)21-11-7-5-6-8-12-21/h9-10,13-15,20H,5-8,11-12H2,1-4H3/t15-/m1/s1. The summed E-state index contributed by atoms with van der Waals surface area (Å²) in [7, 11) is -3.65. The molecule has 2 rings (SSSR count). The molecule has 0 radical (unpaired) electrons. The molecule has 1 aliphatic rings. The van der Waals surface area contributed by atoms with Crippen molar-refractivity contribution in [3.63, 3.8) is 0 Å². The number of nitrogens with zero attached hydrogens (tertiary/aromatic N) is 1. The fourth-order valence-electron chi connectivity index (χ4n) is 2.91. The van der Waals surface area contributed by atoms with E-state index in [2.05, 4.69) is 4.72 Å². The van der Waals surface area contributed by atoms with Crippen LogP contribution in [-0.4, -0.2) is 44.6 Å². The van der Waals surface area contributed by atoms with Crippen LogP contribution in [0.2, 0.25) is 0 Å². The summed E-state index contributed by atoms with van der Waals surface area (Å²) >= 11 is 1.47. The average molecular weight is 399 g/mol. The van der Waals surface area contributed by atoms with E-state index >= 15 is 0 Å². The van der Waals surface area contributed by atoms with E-state index in [4.69, 9.17) is 0 Å². The van der Waals surface area contributed by atoms with Gasteiger partial charge in [-0.15, -0.1) is 11.8 Å². The van der Waals surface area contributed by atoms with E-state index in [1.165, 1.54) is 17.8 Å². The lowest BCUT2D eigenvalue weighted by atomic mass is 10.1. The van der Waals surface area contributed by atoms with Gasteiger partial charge in [0.2, 0.25) is 10.0 Å². The second-order valence-corrected chi connectivity index (χ2v) is 9.78. The summed E-state index contributed by atoms with van der Waals surface area (Å²) in [5.41, 5.74) is 0.486. The number of sulfonamides is 1. The Morgan fingerprint density at radius 3 is 2.27 bits per heavy atom. The second-order valence-electron chi connectivity index (χ2n) is 7.22. The molecule has 1 heterocycles. The Morgan fingerprint density at radius 1 is 1.12 bits per heavy atom. The maximum atomic E-state index is 13.0. The molecule has 26 heavy (non-hydrogen) atoms. The minimum Gasteiger partial charge on any atom is -0.339 e. The lowest BCUT2D eigenvalue weighted by Gasteiger charge is -2.22. The Morgan fingerprint density at radius 2 is 1.73 bits per heavy atom. The molecule has 1 fully saturated rings. The van der Waals surface area contributed by atoms with Crippen molar-refractivity contribution < 1.29 is 13.2 Å². The summed E-state index contributed by atoms with van der Waals surface area (Å²) in [5.74, 6) is 0.124. The molecule has 1 aromatic carbocycles. The predicted octanol–water partition coefficient (Wildman–Crippen LogP) is 3.75. The minimum absolute atomic E-state index is 0.0646. The lowest BCUT2D eigenvalue weighted by molar-refractivity contribution is 0.0758. The Bertz CT molecular complexity index is 724. The van der Waals surface area contributed by atoms with Crippen molar-refractivity contribution in [2.75, 3.05) is 19.3 Å². The molecule has 0 spiro atoms. The fraction of sp³-hybridized carbons (Fsp3) is 0.632. The molecule has 1 amide bonds. The second kappa shape index (κ2) is 9.24. The van der Waals surface area contributed by atoms with Crippen LogP contribution in [-0.2, 0) is 10.0 Å². The van der Waals surface area contributed by atoms with Gasteiger partial charge in [-0.3, -0.25) is 4.79 Å². The lowest BCUT2D eigenvalue weighted by Crippen LogP contribution is -2.36. The largest absolute Gasteiger partial charge is 0.339 e. The maximum Gasteiger partial charge on any atom is 0.255 e. The van der Waals surface area contributed by atoms with E-state index in [1.54, 1.807) is 12.1 Å². The average Bonchev–Trinajstić information content (AvgIpc) is 2.89. The van der Waals surface area contributed by atoms with Crippen molar-refractivity contribution in [3.05, 3.63) is 23.8 Å². The Balaban J connectivity index is 2.34. The van der Waals surface area contributed by atoms with Gasteiger partial charge in [0.05, 0.1) is 10.5 Å². The smallest absolute Gasteiger partial charge is 0.255 e. The number of thioether (sulfide) groups is 1. The molecule has 5 nitrogen and oxygen atoms in total. The van der Waals surface area contributed by atoms with Crippen LogP contribution in [0.15, 0.2) is 28.0 Å². The zero-order chi connectivity index (χ0) is 19.3. The van der Waals surface area contributed by atoms with Crippen LogP contribution >= 0.6 is 11.8 Å². The summed E-state index contributed by atoms with van der Waals surface area (Å²) in [6.45, 7) is 7.27. The van der Waals surface area contributed by atoms with Crippen molar-refractivity contribution in [1.82, 2.24) is 9.62 Å². The summed E-state index contributed by atoms with van der Waals surface area (Å²) in [6, 6.07) is 4.68. The molecule has 1 N–H and O–H groups in total. The highest BCUT2D eigenvalue weighted by molar-refractivity contribution is 7.98. The van der Waals surface area contributed by atoms with E-state index < -0.39 is 10.0 Å². The van der Waals surface area contributed by atoms with Gasteiger partial charge in [-0.05, 0) is 50.1 Å². The van der Waals surface area contributed by atoms with Crippen molar-refractivity contribution in [1.29, 1.82) is 0 Å². The van der Waals surface area contributed by atoms with Crippen LogP contribution in [0.3, 0.4) is 0 Å². The molecule has 1 atom stereocenters. The SMILES string of the molecule is CSc1ccc(S(=O)(=O)N[C@H](C)C(C)C)cc1C(=O)N1CCCCCC1. The number of nitrogens with one attached hydrogen (secondary N) is 1. The zero-order valence-corrected chi connectivity index (χ0v) is 17.8. The molecule has 0 bridgehead atoms. The van der Waals surface area contributed by atoms with Gasteiger partial charge >= 0.3 is 0 Å². The first-order chi connectivity index (χ1) is 12.3. The fourth-order valence-corrected chi connectivity index (χ4v) is 4.90. The molecule has 1 aliphatic heterocycles. The molecule has 1 saturated heterocycles. The number of benzene rings is 1. The van der Waals surface area contributed by atoms with Gasteiger partial charge in [0.25, 0.3) is 5.91 Å². The predicted molar refractivity (Wildman–Crippen MR) is 107 cm³/mol.